The molecule has 0 saturated heterocycles. The molecule has 0 aromatic carbocycles. The van der Waals surface area contributed by atoms with Gasteiger partial charge in [0.25, 0.3) is 0 Å². The average Bonchev–Trinajstić information content (AvgIpc) is 2.06. The van der Waals surface area contributed by atoms with Crippen LogP contribution in [0.25, 0.3) is 0 Å². The molecule has 0 aromatic rings. The molecule has 1 unspecified atom stereocenters. The van der Waals surface area contributed by atoms with Crippen molar-refractivity contribution in [3.8, 4) is 0 Å². The van der Waals surface area contributed by atoms with Gasteiger partial charge < -0.3 is 9.47 Å². The molecule has 2 heteroatoms. The summed E-state index contributed by atoms with van der Waals surface area (Å²) in [6.45, 7) is 2.69. The highest BCUT2D eigenvalue weighted by molar-refractivity contribution is 5.19. The first-order valence-electron chi connectivity index (χ1n) is 3.90. The van der Waals surface area contributed by atoms with E-state index in [2.05, 4.69) is 6.08 Å². The summed E-state index contributed by atoms with van der Waals surface area (Å²) in [5.41, 5.74) is 0. The standard InChI is InChI=1S/C9H14O2/c1-3-11-9-6-4-5-8(7-9)10-2/h4,6-8H,3,5H2,1-2H3. The van der Waals surface area contributed by atoms with Crippen LogP contribution in [-0.2, 0) is 9.47 Å². The van der Waals surface area contributed by atoms with E-state index in [-0.39, 0.29) is 6.10 Å². The van der Waals surface area contributed by atoms with E-state index in [0.717, 1.165) is 12.2 Å². The van der Waals surface area contributed by atoms with Gasteiger partial charge in [-0.25, -0.2) is 0 Å². The molecule has 0 saturated carbocycles. The molecule has 1 aliphatic rings. The lowest BCUT2D eigenvalue weighted by Gasteiger charge is -2.14. The van der Waals surface area contributed by atoms with Crippen LogP contribution in [0.4, 0.5) is 0 Å². The number of hydrogen-bond donors (Lipinski definition) is 0. The van der Waals surface area contributed by atoms with E-state index in [1.807, 2.05) is 19.1 Å². The van der Waals surface area contributed by atoms with Gasteiger partial charge in [-0.1, -0.05) is 6.08 Å². The first-order chi connectivity index (χ1) is 5.36. The van der Waals surface area contributed by atoms with Crippen molar-refractivity contribution in [1.82, 2.24) is 0 Å². The first-order valence-corrected chi connectivity index (χ1v) is 3.90. The van der Waals surface area contributed by atoms with Crippen molar-refractivity contribution in [2.24, 2.45) is 0 Å². The molecule has 11 heavy (non-hydrogen) atoms. The van der Waals surface area contributed by atoms with Crippen LogP contribution >= 0.6 is 0 Å². The summed E-state index contributed by atoms with van der Waals surface area (Å²) in [4.78, 5) is 0. The third kappa shape index (κ3) is 2.39. The largest absolute Gasteiger partial charge is 0.494 e. The maximum atomic E-state index is 5.31. The molecule has 1 rings (SSSR count). The molecule has 0 bridgehead atoms. The van der Waals surface area contributed by atoms with Crippen molar-refractivity contribution in [3.05, 3.63) is 24.0 Å². The maximum absolute atomic E-state index is 5.31. The minimum absolute atomic E-state index is 0.196. The van der Waals surface area contributed by atoms with Gasteiger partial charge >= 0.3 is 0 Å². The Kier molecular flexibility index (Phi) is 3.17. The predicted octanol–water partition coefficient (Wildman–Crippen LogP) is 1.88. The fraction of sp³-hybridized carbons (Fsp3) is 0.556. The molecule has 0 radical (unpaired) electrons. The van der Waals surface area contributed by atoms with E-state index in [1.165, 1.54) is 0 Å². The van der Waals surface area contributed by atoms with Crippen LogP contribution in [0.2, 0.25) is 0 Å². The Morgan fingerprint density at radius 1 is 1.64 bits per heavy atom. The van der Waals surface area contributed by atoms with E-state index in [9.17, 15) is 0 Å². The molecular formula is C9H14O2. The summed E-state index contributed by atoms with van der Waals surface area (Å²) >= 11 is 0. The minimum atomic E-state index is 0.196. The number of allylic oxidation sites excluding steroid dienone is 1. The summed E-state index contributed by atoms with van der Waals surface area (Å²) in [7, 11) is 1.71. The Bertz CT molecular complexity index is 170. The van der Waals surface area contributed by atoms with Gasteiger partial charge in [-0.2, -0.15) is 0 Å². The van der Waals surface area contributed by atoms with Gasteiger partial charge in [-0.3, -0.25) is 0 Å². The molecule has 0 fully saturated rings. The van der Waals surface area contributed by atoms with Crippen LogP contribution in [0.3, 0.4) is 0 Å². The number of rotatable bonds is 3. The van der Waals surface area contributed by atoms with Crippen LogP contribution < -0.4 is 0 Å². The van der Waals surface area contributed by atoms with Crippen LogP contribution in [0.15, 0.2) is 24.0 Å². The van der Waals surface area contributed by atoms with Crippen molar-refractivity contribution < 1.29 is 9.47 Å². The van der Waals surface area contributed by atoms with Crippen LogP contribution in [0.1, 0.15) is 13.3 Å². The Morgan fingerprint density at radius 2 is 2.45 bits per heavy atom. The highest BCUT2D eigenvalue weighted by Gasteiger charge is 2.07. The zero-order chi connectivity index (χ0) is 8.10. The third-order valence-electron chi connectivity index (χ3n) is 1.61. The Labute approximate surface area is 67.5 Å². The van der Waals surface area contributed by atoms with Crippen molar-refractivity contribution in [2.75, 3.05) is 13.7 Å². The fourth-order valence-corrected chi connectivity index (χ4v) is 1.05. The summed E-state index contributed by atoms with van der Waals surface area (Å²) in [5.74, 6) is 0.922. The van der Waals surface area contributed by atoms with Gasteiger partial charge in [0.05, 0.1) is 12.7 Å². The van der Waals surface area contributed by atoms with Gasteiger partial charge in [0.1, 0.15) is 5.76 Å². The topological polar surface area (TPSA) is 18.5 Å². The van der Waals surface area contributed by atoms with Gasteiger partial charge in [0.2, 0.25) is 0 Å². The van der Waals surface area contributed by atoms with E-state index in [0.29, 0.717) is 6.61 Å². The van der Waals surface area contributed by atoms with Gasteiger partial charge in [0, 0.05) is 7.11 Å². The molecule has 0 aromatic heterocycles. The zero-order valence-electron chi connectivity index (χ0n) is 7.04. The minimum Gasteiger partial charge on any atom is -0.494 e. The van der Waals surface area contributed by atoms with E-state index in [1.54, 1.807) is 7.11 Å². The second-order valence-electron chi connectivity index (χ2n) is 2.41. The van der Waals surface area contributed by atoms with Crippen LogP contribution in [0, 0.1) is 0 Å². The molecule has 2 nitrogen and oxygen atoms in total. The summed E-state index contributed by atoms with van der Waals surface area (Å²) in [6.07, 6.45) is 7.20. The lowest BCUT2D eigenvalue weighted by molar-refractivity contribution is 0.134. The Morgan fingerprint density at radius 3 is 3.09 bits per heavy atom. The molecule has 1 atom stereocenters. The smallest absolute Gasteiger partial charge is 0.117 e. The molecule has 1 aliphatic carbocycles. The number of methoxy groups -OCH3 is 1. The van der Waals surface area contributed by atoms with E-state index in [4.69, 9.17) is 9.47 Å². The monoisotopic (exact) mass is 154 g/mol. The summed E-state index contributed by atoms with van der Waals surface area (Å²) in [5, 5.41) is 0. The second kappa shape index (κ2) is 4.19. The van der Waals surface area contributed by atoms with E-state index >= 15 is 0 Å². The normalized spacial score (nSPS) is 23.1. The fourth-order valence-electron chi connectivity index (χ4n) is 1.05. The predicted molar refractivity (Wildman–Crippen MR) is 44.3 cm³/mol. The van der Waals surface area contributed by atoms with E-state index < -0.39 is 0 Å². The molecule has 0 heterocycles. The number of hydrogen-bond acceptors (Lipinski definition) is 2. The first kappa shape index (κ1) is 8.34. The molecule has 0 aliphatic heterocycles. The molecular weight excluding hydrogens is 140 g/mol. The average molecular weight is 154 g/mol. The molecule has 0 spiro atoms. The van der Waals surface area contributed by atoms with Gasteiger partial charge in [-0.15, -0.1) is 0 Å². The molecule has 0 amide bonds. The SMILES string of the molecule is CCOC1=CC(OC)CC=C1. The van der Waals surface area contributed by atoms with Crippen molar-refractivity contribution in [1.29, 1.82) is 0 Å². The van der Waals surface area contributed by atoms with Crippen LogP contribution in [0.5, 0.6) is 0 Å². The van der Waals surface area contributed by atoms with Crippen LogP contribution in [-0.4, -0.2) is 19.8 Å². The van der Waals surface area contributed by atoms with Crippen molar-refractivity contribution in [3.63, 3.8) is 0 Å². The zero-order valence-corrected chi connectivity index (χ0v) is 7.04. The maximum Gasteiger partial charge on any atom is 0.117 e. The Hall–Kier alpha value is -0.760. The van der Waals surface area contributed by atoms with Crippen molar-refractivity contribution in [2.45, 2.75) is 19.4 Å². The second-order valence-corrected chi connectivity index (χ2v) is 2.41. The van der Waals surface area contributed by atoms with Crippen molar-refractivity contribution >= 4 is 0 Å². The van der Waals surface area contributed by atoms with Gasteiger partial charge in [0.15, 0.2) is 0 Å². The highest BCUT2D eigenvalue weighted by Crippen LogP contribution is 2.13. The Balaban J connectivity index is 2.49. The highest BCUT2D eigenvalue weighted by atomic mass is 16.5. The summed E-state index contributed by atoms with van der Waals surface area (Å²) < 4.78 is 10.5. The molecule has 62 valence electrons. The lowest BCUT2D eigenvalue weighted by Crippen LogP contribution is -2.10. The number of ether oxygens (including phenoxy) is 2. The molecule has 0 N–H and O–H groups in total. The van der Waals surface area contributed by atoms with Gasteiger partial charge in [-0.05, 0) is 25.5 Å². The lowest BCUT2D eigenvalue weighted by atomic mass is 10.1. The summed E-state index contributed by atoms with van der Waals surface area (Å²) in [6, 6.07) is 0. The quantitative estimate of drug-likeness (QED) is 0.618. The third-order valence-corrected chi connectivity index (χ3v) is 1.61.